The zero-order valence-corrected chi connectivity index (χ0v) is 28.3. The molecule has 2 N–H and O–H groups in total. The maximum absolute atomic E-state index is 13.6. The number of aryl methyl sites for hydroxylation is 1. The molecule has 0 bridgehead atoms. The molecule has 12 nitrogen and oxygen atoms in total. The zero-order chi connectivity index (χ0) is 35.0. The van der Waals surface area contributed by atoms with Crippen LogP contribution >= 0.6 is 11.9 Å². The van der Waals surface area contributed by atoms with Crippen LogP contribution in [0.5, 0.6) is 5.88 Å². The molecule has 3 aromatic rings. The van der Waals surface area contributed by atoms with Crippen LogP contribution in [0.2, 0.25) is 0 Å². The lowest BCUT2D eigenvalue weighted by molar-refractivity contribution is -0.113. The van der Waals surface area contributed by atoms with E-state index >= 15 is 0 Å². The lowest BCUT2D eigenvalue weighted by atomic mass is 9.96. The number of rotatable bonds is 11. The molecule has 0 radical (unpaired) electrons. The molecular formula is C33H39F2N7O5S. The van der Waals surface area contributed by atoms with Crippen molar-refractivity contribution in [2.24, 2.45) is 7.05 Å². The number of carbonyl (C=O) groups excluding carboxylic acids is 2. The highest BCUT2D eigenvalue weighted by Crippen LogP contribution is 2.34. The van der Waals surface area contributed by atoms with E-state index in [0.717, 1.165) is 17.9 Å². The molecule has 0 unspecified atom stereocenters. The number of hydrogen-bond acceptors (Lipinski definition) is 10. The minimum Gasteiger partial charge on any atom is -0.475 e. The van der Waals surface area contributed by atoms with Crippen LogP contribution in [0.3, 0.4) is 0 Å². The predicted molar refractivity (Wildman–Crippen MR) is 179 cm³/mol. The summed E-state index contributed by atoms with van der Waals surface area (Å²) in [6, 6.07) is 10.9. The van der Waals surface area contributed by atoms with Crippen molar-refractivity contribution in [1.82, 2.24) is 24.2 Å². The first kappa shape index (κ1) is 36.5. The Morgan fingerprint density at radius 3 is 2.56 bits per heavy atom. The van der Waals surface area contributed by atoms with E-state index < -0.39 is 36.4 Å². The number of hydroxylamine groups is 1. The highest BCUT2D eigenvalue weighted by molar-refractivity contribution is 7.96. The molecule has 256 valence electrons. The van der Waals surface area contributed by atoms with Gasteiger partial charge in [-0.3, -0.25) is 19.2 Å². The minimum absolute atomic E-state index is 0.0315. The largest absolute Gasteiger partial charge is 0.475 e. The second-order valence-electron chi connectivity index (χ2n) is 11.2. The van der Waals surface area contributed by atoms with Crippen molar-refractivity contribution in [1.29, 1.82) is 5.26 Å². The third kappa shape index (κ3) is 9.16. The first-order valence-corrected chi connectivity index (χ1v) is 16.5. The lowest BCUT2D eigenvalue weighted by Gasteiger charge is -2.39. The average Bonchev–Trinajstić information content (AvgIpc) is 3.57. The first-order valence-electron chi connectivity index (χ1n) is 15.6. The second kappa shape index (κ2) is 16.2. The standard InChI is InChI=1S/C31H33F2N7O5S.C2H6/c1-19(2)45-27-12-22(23-6-5-20(13-34)9-24(23)30(43)39-16-31(32,33)17-39)11-26(36-27)37-28(41)25-10-21(15-38(3)29(25)42)14-35-18-46-40-7-4-8-44-40;1-2/h5-6,9-12,15,19,35H,4,7-8,14,16-18H2,1-3H3,(H,36,37,41);1-2H3. The Labute approximate surface area is 282 Å². The number of carbonyl (C=O) groups is 2. The Morgan fingerprint density at radius 1 is 1.17 bits per heavy atom. The van der Waals surface area contributed by atoms with E-state index in [1.807, 2.05) is 24.4 Å². The summed E-state index contributed by atoms with van der Waals surface area (Å²) in [5.41, 5.74) is 1.01. The highest BCUT2D eigenvalue weighted by atomic mass is 32.2. The fourth-order valence-corrected chi connectivity index (χ4v) is 5.70. The maximum atomic E-state index is 13.6. The van der Waals surface area contributed by atoms with E-state index in [1.165, 1.54) is 46.8 Å². The summed E-state index contributed by atoms with van der Waals surface area (Å²) < 4.78 is 36.1. The molecule has 2 aliphatic heterocycles. The molecule has 0 aliphatic carbocycles. The summed E-state index contributed by atoms with van der Waals surface area (Å²) >= 11 is 1.50. The van der Waals surface area contributed by atoms with Crippen molar-refractivity contribution in [3.05, 3.63) is 75.2 Å². The van der Waals surface area contributed by atoms with E-state index in [4.69, 9.17) is 9.57 Å². The van der Waals surface area contributed by atoms with Gasteiger partial charge in [-0.1, -0.05) is 19.9 Å². The van der Waals surface area contributed by atoms with Gasteiger partial charge in [-0.2, -0.15) is 10.2 Å². The van der Waals surface area contributed by atoms with Gasteiger partial charge in [0.15, 0.2) is 0 Å². The summed E-state index contributed by atoms with van der Waals surface area (Å²) in [7, 11) is 1.56. The van der Waals surface area contributed by atoms with Crippen molar-refractivity contribution < 1.29 is 27.9 Å². The van der Waals surface area contributed by atoms with Gasteiger partial charge in [0.2, 0.25) is 5.88 Å². The summed E-state index contributed by atoms with van der Waals surface area (Å²) in [6.07, 6.45) is 2.32. The van der Waals surface area contributed by atoms with E-state index in [9.17, 15) is 28.4 Å². The number of nitrogens with zero attached hydrogens (tertiary/aromatic N) is 5. The van der Waals surface area contributed by atoms with Crippen LogP contribution in [-0.2, 0) is 18.4 Å². The van der Waals surface area contributed by atoms with Crippen molar-refractivity contribution in [2.45, 2.75) is 52.7 Å². The summed E-state index contributed by atoms with van der Waals surface area (Å²) in [5, 5.41) is 15.4. The van der Waals surface area contributed by atoms with Gasteiger partial charge in [-0.25, -0.2) is 8.78 Å². The molecule has 2 aromatic heterocycles. The topological polar surface area (TPSA) is 142 Å². The van der Waals surface area contributed by atoms with E-state index in [1.54, 1.807) is 33.2 Å². The van der Waals surface area contributed by atoms with Crippen molar-refractivity contribution in [3.63, 3.8) is 0 Å². The Morgan fingerprint density at radius 2 is 1.92 bits per heavy atom. The molecule has 4 heterocycles. The predicted octanol–water partition coefficient (Wildman–Crippen LogP) is 4.81. The average molecular weight is 684 g/mol. The molecule has 0 spiro atoms. The van der Waals surface area contributed by atoms with E-state index in [-0.39, 0.29) is 34.5 Å². The quantitative estimate of drug-likeness (QED) is 0.164. The van der Waals surface area contributed by atoms with Gasteiger partial charge in [-0.05, 0) is 73.2 Å². The smallest absolute Gasteiger partial charge is 0.282 e. The Balaban J connectivity index is 0.00000255. The van der Waals surface area contributed by atoms with Gasteiger partial charge in [0.05, 0.1) is 43.3 Å². The van der Waals surface area contributed by atoms with Crippen molar-refractivity contribution in [3.8, 4) is 23.1 Å². The maximum Gasteiger partial charge on any atom is 0.282 e. The normalized spacial score (nSPS) is 15.3. The molecule has 2 fully saturated rings. The summed E-state index contributed by atoms with van der Waals surface area (Å²) in [4.78, 5) is 50.5. The molecule has 15 heteroatoms. The van der Waals surface area contributed by atoms with E-state index in [0.29, 0.717) is 35.7 Å². The van der Waals surface area contributed by atoms with Crippen LogP contribution < -0.4 is 20.9 Å². The first-order chi connectivity index (χ1) is 22.9. The van der Waals surface area contributed by atoms with Crippen LogP contribution in [-0.4, -0.2) is 74.9 Å². The molecule has 0 atom stereocenters. The summed E-state index contributed by atoms with van der Waals surface area (Å²) in [6.45, 7) is 8.05. The molecule has 2 amide bonds. The number of alkyl halides is 2. The number of hydrogen-bond donors (Lipinski definition) is 2. The van der Waals surface area contributed by atoms with Gasteiger partial charge in [-0.15, -0.1) is 4.47 Å². The van der Waals surface area contributed by atoms with Crippen LogP contribution in [0.1, 0.15) is 66.0 Å². The number of halogens is 2. The van der Waals surface area contributed by atoms with E-state index in [2.05, 4.69) is 15.6 Å². The fourth-order valence-electron chi connectivity index (χ4n) is 4.96. The van der Waals surface area contributed by atoms with Gasteiger partial charge in [0, 0.05) is 38.0 Å². The van der Waals surface area contributed by atoms with Crippen LogP contribution in [0, 0.1) is 11.3 Å². The van der Waals surface area contributed by atoms with Crippen LogP contribution in [0.25, 0.3) is 11.1 Å². The van der Waals surface area contributed by atoms with Gasteiger partial charge < -0.3 is 24.8 Å². The number of aromatic nitrogens is 2. The molecular weight excluding hydrogens is 644 g/mol. The molecule has 2 aliphatic rings. The lowest BCUT2D eigenvalue weighted by Crippen LogP contribution is -2.58. The van der Waals surface area contributed by atoms with Crippen LogP contribution in [0.4, 0.5) is 14.6 Å². The number of benzene rings is 1. The highest BCUT2D eigenvalue weighted by Gasteiger charge is 2.46. The van der Waals surface area contributed by atoms with Gasteiger partial charge in [0.1, 0.15) is 11.4 Å². The summed E-state index contributed by atoms with van der Waals surface area (Å²) in [5.74, 6) is -3.62. The number of pyridine rings is 2. The number of nitriles is 1. The molecule has 1 aromatic carbocycles. The van der Waals surface area contributed by atoms with Crippen LogP contribution in [0.15, 0.2) is 47.4 Å². The monoisotopic (exact) mass is 683 g/mol. The molecule has 5 rings (SSSR count). The number of nitrogens with one attached hydrogen (secondary N) is 2. The third-order valence-corrected chi connectivity index (χ3v) is 7.98. The van der Waals surface area contributed by atoms with Crippen molar-refractivity contribution >= 4 is 29.6 Å². The molecule has 0 saturated carbocycles. The number of ether oxygens (including phenoxy) is 1. The second-order valence-corrected chi connectivity index (χ2v) is 12.2. The fraction of sp³-hybridized carbons (Fsp3) is 0.424. The van der Waals surface area contributed by atoms with Gasteiger partial charge >= 0.3 is 0 Å². The number of amides is 2. The minimum atomic E-state index is -2.97. The SMILES string of the molecule is CC.CC(C)Oc1cc(-c2ccc(C#N)cc2C(=O)N2CC(F)(F)C2)cc(NC(=O)c2cc(CNCSN3CCCO3)cn(C)c2=O)n1. The van der Waals surface area contributed by atoms with Crippen molar-refractivity contribution in [2.75, 3.05) is 37.4 Å². The number of likely N-dealkylation sites (tertiary alicyclic amines) is 1. The number of anilines is 1. The Kier molecular flexibility index (Phi) is 12.3. The third-order valence-electron chi connectivity index (χ3n) is 7.07. The molecule has 2 saturated heterocycles. The molecule has 48 heavy (non-hydrogen) atoms. The zero-order valence-electron chi connectivity index (χ0n) is 27.5. The van der Waals surface area contributed by atoms with Gasteiger partial charge in [0.25, 0.3) is 23.3 Å². The Bertz CT molecular complexity index is 1730. The Hall–Kier alpha value is -4.36.